The van der Waals surface area contributed by atoms with Gasteiger partial charge in [-0.2, -0.15) is 0 Å². The van der Waals surface area contributed by atoms with E-state index < -0.39 is 12.0 Å². The van der Waals surface area contributed by atoms with Crippen LogP contribution in [0.2, 0.25) is 5.15 Å². The number of rotatable bonds is 15. The predicted molar refractivity (Wildman–Crippen MR) is 149 cm³/mol. The summed E-state index contributed by atoms with van der Waals surface area (Å²) in [5.74, 6) is -0.313. The summed E-state index contributed by atoms with van der Waals surface area (Å²) in [5.41, 5.74) is 3.33. The molecule has 0 bridgehead atoms. The number of aliphatic hydroxyl groups is 1. The summed E-state index contributed by atoms with van der Waals surface area (Å²) < 4.78 is 1.97. The van der Waals surface area contributed by atoms with Gasteiger partial charge in [0.25, 0.3) is 0 Å². The summed E-state index contributed by atoms with van der Waals surface area (Å²) in [6, 6.07) is 16.2. The summed E-state index contributed by atoms with van der Waals surface area (Å²) in [5, 5.41) is 20.2. The maximum Gasteiger partial charge on any atom is 0.326 e. The molecule has 1 unspecified atom stereocenters. The molecular formula is C30H38ClN3O4. The lowest BCUT2D eigenvalue weighted by Crippen LogP contribution is -2.46. The fraction of sp³-hybridized carbons (Fsp3) is 0.433. The number of imidazole rings is 1. The van der Waals surface area contributed by atoms with Crippen molar-refractivity contribution in [3.8, 4) is 0 Å². The van der Waals surface area contributed by atoms with Crippen molar-refractivity contribution in [1.82, 2.24) is 14.5 Å². The number of aromatic nitrogens is 2. The van der Waals surface area contributed by atoms with Gasteiger partial charge in [-0.25, -0.2) is 9.78 Å². The molecule has 3 aromatic rings. The lowest BCUT2D eigenvalue weighted by Gasteiger charge is -2.29. The van der Waals surface area contributed by atoms with Crippen LogP contribution in [-0.2, 0) is 42.1 Å². The number of carbonyl (C=O) groups excluding carboxylic acids is 1. The van der Waals surface area contributed by atoms with E-state index in [0.717, 1.165) is 48.2 Å². The predicted octanol–water partition coefficient (Wildman–Crippen LogP) is 5.63. The number of carboxylic acid groups (broad SMARTS) is 1. The first-order valence-corrected chi connectivity index (χ1v) is 13.7. The Balaban J connectivity index is 1.82. The smallest absolute Gasteiger partial charge is 0.326 e. The van der Waals surface area contributed by atoms with Crippen LogP contribution in [0.5, 0.6) is 0 Å². The molecule has 1 heterocycles. The number of halogens is 1. The van der Waals surface area contributed by atoms with Gasteiger partial charge < -0.3 is 19.7 Å². The molecule has 0 saturated heterocycles. The molecule has 1 aromatic heterocycles. The minimum atomic E-state index is -1.01. The fourth-order valence-corrected chi connectivity index (χ4v) is 4.77. The standard InChI is InChI=1S/C30H38ClN3O4/c1-3-5-12-27-32-29(31)26(21-35)33(27)19-23-14-16-24(17-15-23)20-34(28(36)13-6-4-2)25(30(37)38)18-22-10-8-7-9-11-22/h7-11,14-17,25,35H,3-6,12-13,18-21H2,1-2H3,(H,37,38). The van der Waals surface area contributed by atoms with E-state index in [9.17, 15) is 19.8 Å². The highest BCUT2D eigenvalue weighted by atomic mass is 35.5. The van der Waals surface area contributed by atoms with Crippen LogP contribution in [0.15, 0.2) is 54.6 Å². The third-order valence-corrected chi connectivity index (χ3v) is 7.02. The molecule has 1 atom stereocenters. The number of benzene rings is 2. The zero-order valence-corrected chi connectivity index (χ0v) is 23.0. The molecule has 0 aliphatic rings. The summed E-state index contributed by atoms with van der Waals surface area (Å²) in [7, 11) is 0. The lowest BCUT2D eigenvalue weighted by molar-refractivity contribution is -0.150. The van der Waals surface area contributed by atoms with E-state index in [1.54, 1.807) is 0 Å². The Morgan fingerprint density at radius 3 is 2.24 bits per heavy atom. The Morgan fingerprint density at radius 2 is 1.63 bits per heavy atom. The van der Waals surface area contributed by atoms with Crippen molar-refractivity contribution in [3.05, 3.63) is 88.0 Å². The number of hydrogen-bond donors (Lipinski definition) is 2. The largest absolute Gasteiger partial charge is 0.480 e. The molecule has 0 fully saturated rings. The second kappa shape index (κ2) is 14.7. The third-order valence-electron chi connectivity index (χ3n) is 6.72. The number of carboxylic acids is 1. The Kier molecular flexibility index (Phi) is 11.4. The highest BCUT2D eigenvalue weighted by Crippen LogP contribution is 2.22. The molecule has 0 radical (unpaired) electrons. The fourth-order valence-electron chi connectivity index (χ4n) is 4.51. The van der Waals surface area contributed by atoms with E-state index in [-0.39, 0.29) is 25.5 Å². The number of aryl methyl sites for hydroxylation is 1. The van der Waals surface area contributed by atoms with Gasteiger partial charge in [0.05, 0.1) is 12.3 Å². The van der Waals surface area contributed by atoms with Crippen LogP contribution in [0.3, 0.4) is 0 Å². The molecule has 3 rings (SSSR count). The topological polar surface area (TPSA) is 95.7 Å². The third kappa shape index (κ3) is 7.92. The average Bonchev–Trinajstić information content (AvgIpc) is 3.22. The molecule has 0 saturated carbocycles. The Labute approximate surface area is 230 Å². The van der Waals surface area contributed by atoms with Gasteiger partial charge in [0.15, 0.2) is 5.15 Å². The zero-order chi connectivity index (χ0) is 27.5. The molecule has 2 aromatic carbocycles. The molecule has 8 heteroatoms. The zero-order valence-electron chi connectivity index (χ0n) is 22.3. The second-order valence-electron chi connectivity index (χ2n) is 9.60. The van der Waals surface area contributed by atoms with Crippen LogP contribution in [0, 0.1) is 0 Å². The minimum absolute atomic E-state index is 0.152. The number of carbonyl (C=O) groups is 2. The van der Waals surface area contributed by atoms with Crippen LogP contribution >= 0.6 is 11.6 Å². The van der Waals surface area contributed by atoms with Crippen LogP contribution in [0.4, 0.5) is 0 Å². The van der Waals surface area contributed by atoms with Crippen molar-refractivity contribution in [2.24, 2.45) is 0 Å². The normalized spacial score (nSPS) is 11.9. The van der Waals surface area contributed by atoms with E-state index >= 15 is 0 Å². The van der Waals surface area contributed by atoms with Crippen LogP contribution in [-0.4, -0.2) is 42.6 Å². The highest BCUT2D eigenvalue weighted by molar-refractivity contribution is 6.30. The Bertz CT molecular complexity index is 1180. The number of nitrogens with zero attached hydrogens (tertiary/aromatic N) is 3. The van der Waals surface area contributed by atoms with Crippen molar-refractivity contribution < 1.29 is 19.8 Å². The van der Waals surface area contributed by atoms with Crippen molar-refractivity contribution in [2.75, 3.05) is 0 Å². The molecule has 7 nitrogen and oxygen atoms in total. The average molecular weight is 540 g/mol. The van der Waals surface area contributed by atoms with Gasteiger partial charge in [0.2, 0.25) is 5.91 Å². The second-order valence-corrected chi connectivity index (χ2v) is 9.96. The summed E-state index contributed by atoms with van der Waals surface area (Å²) in [4.78, 5) is 31.4. The highest BCUT2D eigenvalue weighted by Gasteiger charge is 2.29. The van der Waals surface area contributed by atoms with E-state index in [1.165, 1.54) is 4.90 Å². The van der Waals surface area contributed by atoms with Crippen molar-refractivity contribution in [2.45, 2.75) is 84.5 Å². The molecule has 204 valence electrons. The van der Waals surface area contributed by atoms with E-state index in [0.29, 0.717) is 30.2 Å². The van der Waals surface area contributed by atoms with Gasteiger partial charge in [-0.3, -0.25) is 4.79 Å². The summed E-state index contributed by atoms with van der Waals surface area (Å²) >= 11 is 6.28. The van der Waals surface area contributed by atoms with Crippen molar-refractivity contribution in [1.29, 1.82) is 0 Å². The maximum atomic E-state index is 13.2. The van der Waals surface area contributed by atoms with Crippen molar-refractivity contribution >= 4 is 23.5 Å². The monoisotopic (exact) mass is 539 g/mol. The van der Waals surface area contributed by atoms with Gasteiger partial charge in [-0.1, -0.05) is 92.9 Å². The van der Waals surface area contributed by atoms with E-state index in [2.05, 4.69) is 11.9 Å². The first-order chi connectivity index (χ1) is 18.4. The van der Waals surface area contributed by atoms with Gasteiger partial charge >= 0.3 is 5.97 Å². The van der Waals surface area contributed by atoms with Crippen LogP contribution < -0.4 is 0 Å². The number of aliphatic hydroxyl groups excluding tert-OH is 1. The van der Waals surface area contributed by atoms with Crippen LogP contribution in [0.25, 0.3) is 0 Å². The number of hydrogen-bond acceptors (Lipinski definition) is 4. The van der Waals surface area contributed by atoms with Crippen LogP contribution in [0.1, 0.15) is 74.2 Å². The van der Waals surface area contributed by atoms with Gasteiger partial charge in [-0.05, 0) is 29.5 Å². The van der Waals surface area contributed by atoms with E-state index in [1.807, 2.05) is 66.1 Å². The van der Waals surface area contributed by atoms with E-state index in [4.69, 9.17) is 11.6 Å². The maximum absolute atomic E-state index is 13.2. The number of aliphatic carboxylic acids is 1. The first kappa shape index (κ1) is 29.4. The van der Waals surface area contributed by atoms with Gasteiger partial charge in [-0.15, -0.1) is 0 Å². The van der Waals surface area contributed by atoms with Gasteiger partial charge in [0, 0.05) is 32.4 Å². The lowest BCUT2D eigenvalue weighted by atomic mass is 10.0. The molecule has 1 amide bonds. The number of unbranched alkanes of at least 4 members (excludes halogenated alkanes) is 2. The molecule has 2 N–H and O–H groups in total. The number of amides is 1. The molecule has 0 aliphatic heterocycles. The minimum Gasteiger partial charge on any atom is -0.480 e. The van der Waals surface area contributed by atoms with Gasteiger partial charge in [0.1, 0.15) is 11.9 Å². The first-order valence-electron chi connectivity index (χ1n) is 13.4. The molecule has 0 aliphatic carbocycles. The molecule has 38 heavy (non-hydrogen) atoms. The Morgan fingerprint density at radius 1 is 0.974 bits per heavy atom. The molecule has 0 spiro atoms. The summed E-state index contributed by atoms with van der Waals surface area (Å²) in [6.45, 7) is 4.67. The quantitative estimate of drug-likeness (QED) is 0.261. The van der Waals surface area contributed by atoms with Crippen molar-refractivity contribution in [3.63, 3.8) is 0 Å². The molecular weight excluding hydrogens is 502 g/mol. The SMILES string of the molecule is CCCCC(=O)N(Cc1ccc(Cn2c(CCCC)nc(Cl)c2CO)cc1)C(Cc1ccccc1)C(=O)O. The summed E-state index contributed by atoms with van der Waals surface area (Å²) in [6.07, 6.45) is 4.93. The Hall–Kier alpha value is -3.16.